The first-order valence-corrected chi connectivity index (χ1v) is 56.3. The fourth-order valence-corrected chi connectivity index (χ4v) is 27.0. The maximum atomic E-state index is 13.2. The van der Waals surface area contributed by atoms with Gasteiger partial charge in [-0.25, -0.2) is 91.9 Å². The third-order valence-corrected chi connectivity index (χ3v) is 33.6. The van der Waals surface area contributed by atoms with Crippen molar-refractivity contribution in [1.29, 1.82) is 0 Å². The summed E-state index contributed by atoms with van der Waals surface area (Å²) < 4.78 is 130. The summed E-state index contributed by atoms with van der Waals surface area (Å²) in [6, 6.07) is 38.7. The van der Waals surface area contributed by atoms with Crippen LogP contribution in [0.15, 0.2) is 176 Å². The van der Waals surface area contributed by atoms with Gasteiger partial charge in [0.05, 0.1) is 36.1 Å². The van der Waals surface area contributed by atoms with E-state index in [2.05, 4.69) is 124 Å². The second kappa shape index (κ2) is 38.9. The van der Waals surface area contributed by atoms with Gasteiger partial charge >= 0.3 is 0 Å². The van der Waals surface area contributed by atoms with Crippen LogP contribution in [0, 0.1) is 20.8 Å². The molecule has 4 fully saturated rings. The number of sulfonamides is 4. The van der Waals surface area contributed by atoms with Gasteiger partial charge in [-0.3, -0.25) is 19.2 Å². The number of nitrogens with two attached hydrogens (primary N) is 1. The zero-order chi connectivity index (χ0) is 99.6. The molecule has 140 heavy (non-hydrogen) atoms. The lowest BCUT2D eigenvalue weighted by atomic mass is 9.88. The number of H-pyrrole nitrogens is 2. The van der Waals surface area contributed by atoms with E-state index in [4.69, 9.17) is 15.7 Å². The minimum atomic E-state index is -3.60. The normalized spacial score (nSPS) is 19.9. The van der Waals surface area contributed by atoms with Crippen LogP contribution in [0.2, 0.25) is 0 Å². The highest BCUT2D eigenvalue weighted by molar-refractivity contribution is 9.10. The molecule has 4 atom stereocenters. The number of aromatic nitrogens is 14. The van der Waals surface area contributed by atoms with Crippen molar-refractivity contribution < 1.29 is 61.3 Å². The molecule has 4 saturated heterocycles. The van der Waals surface area contributed by atoms with Crippen molar-refractivity contribution in [3.8, 4) is 45.3 Å². The van der Waals surface area contributed by atoms with E-state index < -0.39 is 72.1 Å². The summed E-state index contributed by atoms with van der Waals surface area (Å²) in [4.78, 5) is 103. The molecule has 4 spiro atoms. The summed E-state index contributed by atoms with van der Waals surface area (Å²) in [6.45, 7) is 13.0. The predicted molar refractivity (Wildman–Crippen MR) is 541 cm³/mol. The lowest BCUT2D eigenvalue weighted by Gasteiger charge is -2.31. The van der Waals surface area contributed by atoms with Gasteiger partial charge in [-0.1, -0.05) is 82.2 Å². The molecule has 6 aromatic carbocycles. The number of hydrogen-bond donors (Lipinski definition) is 7. The largest absolute Gasteiger partial charge is 0.361 e. The molecule has 4 unspecified atom stereocenters. The molecule has 0 saturated carbocycles. The van der Waals surface area contributed by atoms with Crippen molar-refractivity contribution in [2.45, 2.75) is 153 Å². The molecule has 8 aliphatic heterocycles. The minimum absolute atomic E-state index is 0.226. The summed E-state index contributed by atoms with van der Waals surface area (Å²) in [7, 11) is -16.9. The molecule has 0 radical (unpaired) electrons. The van der Waals surface area contributed by atoms with E-state index in [1.165, 1.54) is 69.8 Å². The molecule has 8 N–H and O–H groups in total. The lowest BCUT2D eigenvalue weighted by molar-refractivity contribution is -0.124. The van der Waals surface area contributed by atoms with Crippen LogP contribution in [0.4, 0.5) is 22.7 Å². The Labute approximate surface area is 819 Å². The van der Waals surface area contributed by atoms with Crippen molar-refractivity contribution in [3.63, 3.8) is 0 Å². The number of nitrogens with zero attached hydrogens (tertiary/aromatic N) is 16. The summed E-state index contributed by atoms with van der Waals surface area (Å²) in [5, 5.41) is 14.0. The number of carbonyl (C=O) groups excluding carboxylic acids is 4. The van der Waals surface area contributed by atoms with Crippen LogP contribution in [0.25, 0.3) is 89.4 Å². The predicted octanol–water partition coefficient (Wildman–Crippen LogP) is 12.4. The average Bonchev–Trinajstić information content (AvgIpc) is 1.56. The molecule has 37 nitrogen and oxygen atoms in total. The molecule has 0 bridgehead atoms. The molecule has 8 aromatic heterocycles. The van der Waals surface area contributed by atoms with Crippen LogP contribution >= 0.6 is 15.9 Å². The Hall–Kier alpha value is -12.4. The Balaban J connectivity index is 0.000000121. The number of amides is 4. The van der Waals surface area contributed by atoms with Crippen LogP contribution in [-0.2, 0) is 117 Å². The molecule has 14 aromatic rings. The quantitative estimate of drug-likeness (QED) is 0.0392. The monoisotopic (exact) mass is 2060 g/mol. The second-order valence-corrected chi connectivity index (χ2v) is 47.0. The SMILES string of the molecule is CCn1c(-c2cnc(C)nc2)nc2c(-c3ccc4c(c3)C3(CCCN3S(C)(=O)=O)C(=O)N4)ncnc21.CCn1c(-c2cnc(C)nc2)nc2c(-c3ccc4c(c3)C3(CCCN3S(C)(=O)=O)C(=O)N4)ncnc21.CS(=O)(=O)CCCCc1c[nH]c2ccccc12.CS(=O)(=O)N1CCCC12C(=O)Nc1ccc(Br)cc12.Cc1ccc2c(c1)C1(CCCN1S(C)(=O)=O)C(=O)N2.NCCCc1c[nH]c2ccccc12. The lowest BCUT2D eigenvalue weighted by Crippen LogP contribution is -2.49. The molecule has 43 heteroatoms. The summed E-state index contributed by atoms with van der Waals surface area (Å²) in [5.41, 5.74) is 19.1. The van der Waals surface area contributed by atoms with Gasteiger partial charge in [0.25, 0.3) is 23.6 Å². The van der Waals surface area contributed by atoms with Gasteiger partial charge in [0.15, 0.2) is 11.3 Å². The summed E-state index contributed by atoms with van der Waals surface area (Å²) in [5.74, 6) is 1.89. The van der Waals surface area contributed by atoms with Crippen LogP contribution in [0.1, 0.15) is 135 Å². The summed E-state index contributed by atoms with van der Waals surface area (Å²) in [6.07, 6.45) is 29.1. The number of sulfone groups is 1. The highest BCUT2D eigenvalue weighted by atomic mass is 79.9. The van der Waals surface area contributed by atoms with E-state index in [1.54, 1.807) is 43.0 Å². The van der Waals surface area contributed by atoms with E-state index in [0.29, 0.717) is 176 Å². The van der Waals surface area contributed by atoms with Crippen LogP contribution in [0.5, 0.6) is 0 Å². The zero-order valence-electron chi connectivity index (χ0n) is 78.9. The average molecular weight is 2060 g/mol. The van der Waals surface area contributed by atoms with E-state index in [1.807, 2.05) is 123 Å². The molecule has 0 aliphatic carbocycles. The van der Waals surface area contributed by atoms with Gasteiger partial charge in [0.2, 0.25) is 40.1 Å². The molecule has 22 rings (SSSR count). The number of para-hydroxylation sites is 2. The minimum Gasteiger partial charge on any atom is -0.361 e. The highest BCUT2D eigenvalue weighted by Gasteiger charge is 2.61. The standard InChI is InChI=1S/2C24H24N8O3S.C13H16N2O3S.C13H17NO2S.C12H13BrN2O3S.C11H14N2/c2*1-4-31-21(16-11-25-14(2)26-12-16)30-20-19(27-13-28-22(20)31)15-6-7-18-17(10-15)24(23(33)29-18)8-5-9-32(24)36(3,34)35;1-9-4-5-11-10(8-9)13(12(16)14-11)6-3-7-15(13)19(2,17)18;1-17(15,16)9-5-4-6-11-10-14-13-8-3-2-7-12(11)13;1-19(17,18)15-6-2-5-12(15)9-7-8(13)3-4-10(9)14-11(12)16;12-7-3-4-9-8-13-11-6-2-1-5-10(9)11/h2*6-7,10-13H,4-5,8-9H2,1-3H3,(H,29,33);4-5,8H,3,6-7H2,1-2H3,(H,14,16);2-3,7-8,10,14H,4-6,9H2,1H3;3-4,7H,2,5-6H2,1H3,(H,14,16);1-2,5-6,8,13H,3-4,7,12H2. The van der Waals surface area contributed by atoms with Crippen molar-refractivity contribution in [2.75, 3.05) is 91.0 Å². The van der Waals surface area contributed by atoms with Gasteiger partial charge in [-0.2, -0.15) is 17.2 Å². The number of unbranched alkanes of at least 4 members (excludes halogenated alkanes) is 1. The van der Waals surface area contributed by atoms with Gasteiger partial charge in [-0.15, -0.1) is 0 Å². The maximum absolute atomic E-state index is 13.2. The van der Waals surface area contributed by atoms with Crippen molar-refractivity contribution in [3.05, 3.63) is 226 Å². The Bertz CT molecular complexity index is 7520. The van der Waals surface area contributed by atoms with Gasteiger partial charge in [0.1, 0.15) is 90.4 Å². The number of hydrogen-bond acceptors (Lipinski definition) is 25. The van der Waals surface area contributed by atoms with Gasteiger partial charge < -0.3 is 46.1 Å². The highest BCUT2D eigenvalue weighted by Crippen LogP contribution is 2.54. The number of halogens is 1. The summed E-state index contributed by atoms with van der Waals surface area (Å²) >= 11 is 3.38. The maximum Gasteiger partial charge on any atom is 0.250 e. The number of fused-ring (bicyclic) bond motifs is 12. The number of carbonyl (C=O) groups is 4. The van der Waals surface area contributed by atoms with E-state index in [-0.39, 0.29) is 29.4 Å². The van der Waals surface area contributed by atoms with E-state index in [9.17, 15) is 61.3 Å². The molecule has 732 valence electrons. The molecule has 8 aliphatic rings. The first kappa shape index (κ1) is 99.1. The number of anilines is 4. The number of rotatable bonds is 18. The van der Waals surface area contributed by atoms with Crippen molar-refractivity contribution >= 4 is 156 Å². The van der Waals surface area contributed by atoms with Gasteiger partial charge in [0, 0.05) is 171 Å². The van der Waals surface area contributed by atoms with Crippen LogP contribution in [-0.4, -0.2) is 222 Å². The van der Waals surface area contributed by atoms with Crippen LogP contribution in [0.3, 0.4) is 0 Å². The number of aryl methyl sites for hydroxylation is 7. The smallest absolute Gasteiger partial charge is 0.250 e. The van der Waals surface area contributed by atoms with E-state index >= 15 is 0 Å². The first-order valence-electron chi connectivity index (χ1n) is 46.0. The molecular formula is C97H108BrN23O14S5. The second-order valence-electron chi connectivity index (χ2n) is 36.2. The Morgan fingerprint density at radius 3 is 1.12 bits per heavy atom. The van der Waals surface area contributed by atoms with Crippen molar-refractivity contribution in [1.82, 2.24) is 86.2 Å². The number of imidazole rings is 2. The Morgan fingerprint density at radius 2 is 0.757 bits per heavy atom. The number of aromatic amines is 2. The molecule has 4 amide bonds. The zero-order valence-corrected chi connectivity index (χ0v) is 84.6. The third kappa shape index (κ3) is 18.6. The van der Waals surface area contributed by atoms with E-state index in [0.717, 1.165) is 112 Å². The Morgan fingerprint density at radius 1 is 0.407 bits per heavy atom. The first-order chi connectivity index (χ1) is 66.7. The van der Waals surface area contributed by atoms with Gasteiger partial charge in [-0.05, 0) is 196 Å². The van der Waals surface area contributed by atoms with Crippen LogP contribution < -0.4 is 27.0 Å². The molecule has 16 heterocycles. The topological polar surface area (TPSA) is 496 Å². The molecular weight excluding hydrogens is 1950 g/mol. The van der Waals surface area contributed by atoms with Crippen molar-refractivity contribution in [2.24, 2.45) is 5.73 Å². The fourth-order valence-electron chi connectivity index (χ4n) is 20.7. The Kier molecular flexibility index (Phi) is 27.5. The fraction of sp³-hybridized carbons (Fsp3) is 0.361. The number of benzene rings is 6. The number of nitrogens with one attached hydrogen (secondary N) is 6. The third-order valence-electron chi connectivity index (χ3n) is 26.9.